The average Bonchev–Trinajstić information content (AvgIpc) is 3.01. The molecule has 0 radical (unpaired) electrons. The first-order chi connectivity index (χ1) is 11.4. The van der Waals surface area contributed by atoms with E-state index in [1.165, 1.54) is 23.5 Å². The zero-order valence-electron chi connectivity index (χ0n) is 13.3. The van der Waals surface area contributed by atoms with Crippen molar-refractivity contribution in [2.75, 3.05) is 18.9 Å². The first-order valence-electron chi connectivity index (χ1n) is 7.35. The van der Waals surface area contributed by atoms with Crippen LogP contribution in [0.5, 0.6) is 0 Å². The van der Waals surface area contributed by atoms with Crippen LogP contribution < -0.4 is 5.32 Å². The van der Waals surface area contributed by atoms with Gasteiger partial charge in [0.15, 0.2) is 11.6 Å². The first-order valence-corrected chi connectivity index (χ1v) is 8.23. The number of carbonyl (C=O) groups is 1. The minimum absolute atomic E-state index is 0.163. The number of hydrogen-bond donors (Lipinski definition) is 1. The lowest BCUT2D eigenvalue weighted by molar-refractivity contribution is -0.116. The molecular formula is C17H17F2N3OS. The molecule has 126 valence electrons. The quantitative estimate of drug-likeness (QED) is 0.860. The molecule has 0 fully saturated rings. The van der Waals surface area contributed by atoms with E-state index in [-0.39, 0.29) is 18.4 Å². The van der Waals surface area contributed by atoms with Crippen molar-refractivity contribution < 1.29 is 13.6 Å². The van der Waals surface area contributed by atoms with E-state index >= 15 is 0 Å². The Labute approximate surface area is 143 Å². The van der Waals surface area contributed by atoms with Gasteiger partial charge in [0.05, 0.1) is 5.56 Å². The second kappa shape index (κ2) is 7.99. The Morgan fingerprint density at radius 3 is 2.79 bits per heavy atom. The summed E-state index contributed by atoms with van der Waals surface area (Å²) >= 11 is 1.30. The molecule has 1 aromatic carbocycles. The van der Waals surface area contributed by atoms with Crippen LogP contribution in [0.3, 0.4) is 0 Å². The van der Waals surface area contributed by atoms with Crippen LogP contribution >= 0.6 is 11.3 Å². The number of carbonyl (C=O) groups excluding carboxylic acids is 1. The maximum Gasteiger partial charge on any atom is 0.226 e. The highest BCUT2D eigenvalue weighted by molar-refractivity contribution is 7.14. The summed E-state index contributed by atoms with van der Waals surface area (Å²) in [5.74, 6) is -1.96. The van der Waals surface area contributed by atoms with Gasteiger partial charge in [0.1, 0.15) is 11.1 Å². The number of hydrogen-bond acceptors (Lipinski definition) is 4. The number of nitrogens with one attached hydrogen (secondary N) is 1. The van der Waals surface area contributed by atoms with Gasteiger partial charge in [0.2, 0.25) is 5.91 Å². The lowest BCUT2D eigenvalue weighted by Crippen LogP contribution is -2.27. The molecule has 0 aliphatic heterocycles. The second-order valence-electron chi connectivity index (χ2n) is 5.40. The summed E-state index contributed by atoms with van der Waals surface area (Å²) in [6, 6.07) is 7.30. The van der Waals surface area contributed by atoms with Gasteiger partial charge in [-0.25, -0.2) is 8.78 Å². The molecule has 2 rings (SSSR count). The normalized spacial score (nSPS) is 12.0. The van der Waals surface area contributed by atoms with Gasteiger partial charge in [-0.2, -0.15) is 5.26 Å². The highest BCUT2D eigenvalue weighted by Crippen LogP contribution is 2.23. The Bertz CT molecular complexity index is 769. The molecule has 0 aliphatic rings. The molecule has 0 saturated carbocycles. The van der Waals surface area contributed by atoms with Crippen LogP contribution in [-0.2, 0) is 4.79 Å². The monoisotopic (exact) mass is 349 g/mol. The van der Waals surface area contributed by atoms with E-state index in [0.29, 0.717) is 22.7 Å². The molecule has 2 aromatic rings. The number of benzene rings is 1. The largest absolute Gasteiger partial charge is 0.317 e. The van der Waals surface area contributed by atoms with E-state index in [1.807, 2.05) is 24.9 Å². The topological polar surface area (TPSA) is 56.1 Å². The molecule has 4 nitrogen and oxygen atoms in total. The molecule has 1 atom stereocenters. The number of nitriles is 1. The molecule has 1 N–H and O–H groups in total. The van der Waals surface area contributed by atoms with Crippen molar-refractivity contribution in [3.8, 4) is 6.07 Å². The average molecular weight is 349 g/mol. The van der Waals surface area contributed by atoms with E-state index in [0.717, 1.165) is 6.07 Å². The summed E-state index contributed by atoms with van der Waals surface area (Å²) in [5, 5.41) is 13.9. The fraction of sp³-hybridized carbons (Fsp3) is 0.294. The molecule has 1 heterocycles. The van der Waals surface area contributed by atoms with E-state index in [4.69, 9.17) is 5.26 Å². The van der Waals surface area contributed by atoms with Crippen molar-refractivity contribution in [1.82, 2.24) is 4.90 Å². The van der Waals surface area contributed by atoms with Gasteiger partial charge in [-0.05, 0) is 43.1 Å². The van der Waals surface area contributed by atoms with Gasteiger partial charge >= 0.3 is 0 Å². The zero-order chi connectivity index (χ0) is 17.7. The number of amides is 1. The van der Waals surface area contributed by atoms with Gasteiger partial charge < -0.3 is 5.32 Å². The maximum atomic E-state index is 13.3. The summed E-state index contributed by atoms with van der Waals surface area (Å²) in [5.41, 5.74) is 1.08. The van der Waals surface area contributed by atoms with Gasteiger partial charge in [-0.15, -0.1) is 11.3 Å². The van der Waals surface area contributed by atoms with Gasteiger partial charge in [0.25, 0.3) is 0 Å². The van der Waals surface area contributed by atoms with E-state index in [9.17, 15) is 13.6 Å². The molecule has 7 heteroatoms. The smallest absolute Gasteiger partial charge is 0.226 e. The summed E-state index contributed by atoms with van der Waals surface area (Å²) in [6.07, 6.45) is 0.229. The van der Waals surface area contributed by atoms with Crippen molar-refractivity contribution in [1.29, 1.82) is 5.26 Å². The third-order valence-electron chi connectivity index (χ3n) is 3.82. The second-order valence-corrected chi connectivity index (χ2v) is 6.32. The Hall–Kier alpha value is -2.30. The molecule has 1 amide bonds. The Morgan fingerprint density at radius 1 is 1.38 bits per heavy atom. The van der Waals surface area contributed by atoms with Crippen molar-refractivity contribution >= 4 is 22.2 Å². The molecule has 0 saturated heterocycles. The first kappa shape index (κ1) is 18.0. The van der Waals surface area contributed by atoms with Crippen LogP contribution in [0.15, 0.2) is 29.6 Å². The summed E-state index contributed by atoms with van der Waals surface area (Å²) in [4.78, 5) is 13.9. The highest BCUT2D eigenvalue weighted by atomic mass is 32.1. The summed E-state index contributed by atoms with van der Waals surface area (Å²) < 4.78 is 26.3. The van der Waals surface area contributed by atoms with Gasteiger partial charge in [0, 0.05) is 19.0 Å². The van der Waals surface area contributed by atoms with Gasteiger partial charge in [-0.1, -0.05) is 6.07 Å². The SMILES string of the molecule is C[C@@H](c1ccc(F)c(F)c1)N(C)CCC(=O)Nc1sccc1C#N. The van der Waals surface area contributed by atoms with Crippen molar-refractivity contribution in [2.24, 2.45) is 0 Å². The molecule has 24 heavy (non-hydrogen) atoms. The van der Waals surface area contributed by atoms with Crippen LogP contribution in [0.4, 0.5) is 13.8 Å². The number of anilines is 1. The number of nitrogens with zero attached hydrogens (tertiary/aromatic N) is 2. The van der Waals surface area contributed by atoms with Crippen LogP contribution in [0.1, 0.15) is 30.5 Å². The molecular weight excluding hydrogens is 332 g/mol. The fourth-order valence-electron chi connectivity index (χ4n) is 2.18. The Kier molecular flexibility index (Phi) is 6.01. The Morgan fingerprint density at radius 2 is 2.12 bits per heavy atom. The summed E-state index contributed by atoms with van der Waals surface area (Å²) in [6.45, 7) is 2.30. The lowest BCUT2D eigenvalue weighted by Gasteiger charge is -2.24. The van der Waals surface area contributed by atoms with Crippen molar-refractivity contribution in [3.63, 3.8) is 0 Å². The lowest BCUT2D eigenvalue weighted by atomic mass is 10.1. The Balaban J connectivity index is 1.90. The van der Waals surface area contributed by atoms with Crippen LogP contribution in [-0.4, -0.2) is 24.4 Å². The number of halogens is 2. The molecule has 0 unspecified atom stereocenters. The third-order valence-corrected chi connectivity index (χ3v) is 4.65. The molecule has 0 aliphatic carbocycles. The third kappa shape index (κ3) is 4.37. The minimum Gasteiger partial charge on any atom is -0.317 e. The van der Waals surface area contributed by atoms with E-state index in [2.05, 4.69) is 5.32 Å². The molecule has 0 bridgehead atoms. The number of rotatable bonds is 6. The van der Waals surface area contributed by atoms with Crippen LogP contribution in [0.25, 0.3) is 0 Å². The molecule has 0 spiro atoms. The summed E-state index contributed by atoms with van der Waals surface area (Å²) in [7, 11) is 1.81. The van der Waals surface area contributed by atoms with Crippen LogP contribution in [0.2, 0.25) is 0 Å². The zero-order valence-corrected chi connectivity index (χ0v) is 14.2. The standard InChI is InChI=1S/C17H17F2N3OS/c1-11(12-3-4-14(18)15(19)9-12)22(2)7-5-16(23)21-17-13(10-20)6-8-24-17/h3-4,6,8-9,11H,5,7H2,1-2H3,(H,21,23)/t11-/m0/s1. The van der Waals surface area contributed by atoms with E-state index < -0.39 is 11.6 Å². The maximum absolute atomic E-state index is 13.3. The van der Waals surface area contributed by atoms with Crippen molar-refractivity contribution in [2.45, 2.75) is 19.4 Å². The fourth-order valence-corrected chi connectivity index (χ4v) is 2.94. The van der Waals surface area contributed by atoms with E-state index in [1.54, 1.807) is 11.4 Å². The number of thiophene rings is 1. The van der Waals surface area contributed by atoms with Crippen molar-refractivity contribution in [3.05, 3.63) is 52.4 Å². The van der Waals surface area contributed by atoms with Gasteiger partial charge in [-0.3, -0.25) is 9.69 Å². The highest BCUT2D eigenvalue weighted by Gasteiger charge is 2.15. The van der Waals surface area contributed by atoms with Crippen LogP contribution in [0, 0.1) is 23.0 Å². The minimum atomic E-state index is -0.882. The predicted molar refractivity (Wildman–Crippen MR) is 89.7 cm³/mol. The predicted octanol–water partition coefficient (Wildman–Crippen LogP) is 3.92. The molecule has 1 aromatic heterocycles.